The highest BCUT2D eigenvalue weighted by Crippen LogP contribution is 2.28. The molecule has 0 amide bonds. The summed E-state index contributed by atoms with van der Waals surface area (Å²) in [4.78, 5) is 0. The van der Waals surface area contributed by atoms with Gasteiger partial charge in [0.2, 0.25) is 0 Å². The predicted octanol–water partition coefficient (Wildman–Crippen LogP) is 2.32. The van der Waals surface area contributed by atoms with E-state index in [1.54, 1.807) is 4.68 Å². The van der Waals surface area contributed by atoms with E-state index < -0.39 is 0 Å². The van der Waals surface area contributed by atoms with E-state index in [0.717, 1.165) is 15.7 Å². The molecule has 0 bridgehead atoms. The molecule has 4 nitrogen and oxygen atoms in total. The van der Waals surface area contributed by atoms with E-state index in [9.17, 15) is 0 Å². The Morgan fingerprint density at radius 1 is 1.44 bits per heavy atom. The maximum absolute atomic E-state index is 5.87. The Kier molecular flexibility index (Phi) is 3.58. The van der Waals surface area contributed by atoms with Gasteiger partial charge in [-0.2, -0.15) is 0 Å². The molecule has 16 heavy (non-hydrogen) atoms. The van der Waals surface area contributed by atoms with Gasteiger partial charge >= 0.3 is 0 Å². The Labute approximate surface area is 107 Å². The van der Waals surface area contributed by atoms with Gasteiger partial charge < -0.3 is 5.73 Å². The fraction of sp³-hybridized carbons (Fsp3) is 0.200. The molecule has 6 heteroatoms. The summed E-state index contributed by atoms with van der Waals surface area (Å²) in [6, 6.07) is 5.56. The van der Waals surface area contributed by atoms with Crippen molar-refractivity contribution < 1.29 is 0 Å². The summed E-state index contributed by atoms with van der Waals surface area (Å²) in [6.45, 7) is 1.21. The van der Waals surface area contributed by atoms with Crippen LogP contribution in [0.2, 0.25) is 5.02 Å². The molecule has 84 valence electrons. The average molecular weight is 302 g/mol. The molecule has 0 spiro atoms. The van der Waals surface area contributed by atoms with Gasteiger partial charge in [0.1, 0.15) is 5.69 Å². The zero-order valence-electron chi connectivity index (χ0n) is 8.40. The van der Waals surface area contributed by atoms with E-state index in [4.69, 9.17) is 17.3 Å². The van der Waals surface area contributed by atoms with Crippen molar-refractivity contribution in [2.75, 3.05) is 6.54 Å². The summed E-state index contributed by atoms with van der Waals surface area (Å²) < 4.78 is 2.62. The Bertz CT molecular complexity index is 497. The van der Waals surface area contributed by atoms with Gasteiger partial charge in [-0.05, 0) is 12.1 Å². The average Bonchev–Trinajstić information content (AvgIpc) is 2.67. The Balaban J connectivity index is 2.35. The number of aromatic nitrogens is 3. The van der Waals surface area contributed by atoms with Crippen LogP contribution in [0, 0.1) is 0 Å². The number of benzene rings is 1. The van der Waals surface area contributed by atoms with Crippen LogP contribution < -0.4 is 5.73 Å². The molecule has 0 fully saturated rings. The van der Waals surface area contributed by atoms with Crippen LogP contribution in [-0.4, -0.2) is 21.5 Å². The normalized spacial score (nSPS) is 10.7. The molecule has 2 aromatic rings. The number of rotatable bonds is 3. The van der Waals surface area contributed by atoms with Crippen LogP contribution in [0.4, 0.5) is 0 Å². The third-order valence-corrected chi connectivity index (χ3v) is 3.00. The topological polar surface area (TPSA) is 56.7 Å². The summed E-state index contributed by atoms with van der Waals surface area (Å²) >= 11 is 9.32. The highest BCUT2D eigenvalue weighted by Gasteiger charge is 2.07. The summed E-state index contributed by atoms with van der Waals surface area (Å²) in [7, 11) is 0. The van der Waals surface area contributed by atoms with Gasteiger partial charge in [-0.25, -0.2) is 0 Å². The Hall–Kier alpha value is -0.910. The molecule has 1 aromatic heterocycles. The van der Waals surface area contributed by atoms with Gasteiger partial charge in [0, 0.05) is 21.6 Å². The highest BCUT2D eigenvalue weighted by atomic mass is 79.9. The molecule has 0 aliphatic heterocycles. The lowest BCUT2D eigenvalue weighted by atomic mass is 10.2. The van der Waals surface area contributed by atoms with Crippen molar-refractivity contribution in [3.8, 4) is 11.3 Å². The minimum atomic E-state index is 0.546. The van der Waals surface area contributed by atoms with E-state index in [0.29, 0.717) is 18.1 Å². The van der Waals surface area contributed by atoms with Crippen molar-refractivity contribution in [2.24, 2.45) is 5.73 Å². The standard InChI is InChI=1S/C10H10BrClN4/c11-9-5-7(12)1-2-8(9)10-6-16(4-3-13)15-14-10/h1-2,5-6H,3-4,13H2. The molecular weight excluding hydrogens is 291 g/mol. The first-order chi connectivity index (χ1) is 7.70. The summed E-state index contributed by atoms with van der Waals surface area (Å²) in [5.74, 6) is 0. The molecule has 2 N–H and O–H groups in total. The van der Waals surface area contributed by atoms with Crippen LogP contribution in [0.1, 0.15) is 0 Å². The van der Waals surface area contributed by atoms with Crippen molar-refractivity contribution in [3.05, 3.63) is 33.9 Å². The lowest BCUT2D eigenvalue weighted by molar-refractivity contribution is 0.598. The minimum absolute atomic E-state index is 0.546. The maximum atomic E-state index is 5.87. The summed E-state index contributed by atoms with van der Waals surface area (Å²) in [6.07, 6.45) is 1.86. The lowest BCUT2D eigenvalue weighted by Crippen LogP contribution is -2.10. The Morgan fingerprint density at radius 3 is 2.94 bits per heavy atom. The number of hydrogen-bond acceptors (Lipinski definition) is 3. The number of hydrogen-bond donors (Lipinski definition) is 1. The quantitative estimate of drug-likeness (QED) is 0.946. The second kappa shape index (κ2) is 4.95. The van der Waals surface area contributed by atoms with Crippen molar-refractivity contribution in [3.63, 3.8) is 0 Å². The summed E-state index contributed by atoms with van der Waals surface area (Å²) in [5.41, 5.74) is 7.21. The van der Waals surface area contributed by atoms with Crippen molar-refractivity contribution in [2.45, 2.75) is 6.54 Å². The van der Waals surface area contributed by atoms with E-state index >= 15 is 0 Å². The molecule has 0 aliphatic carbocycles. The second-order valence-corrected chi connectivity index (χ2v) is 4.57. The summed E-state index contributed by atoms with van der Waals surface area (Å²) in [5, 5.41) is 8.74. The lowest BCUT2D eigenvalue weighted by Gasteiger charge is -2.00. The molecule has 0 saturated carbocycles. The van der Waals surface area contributed by atoms with Crippen LogP contribution in [0.25, 0.3) is 11.3 Å². The molecule has 1 heterocycles. The molecule has 0 aliphatic rings. The zero-order valence-corrected chi connectivity index (χ0v) is 10.7. The first-order valence-corrected chi connectivity index (χ1v) is 5.93. The number of halogens is 2. The largest absolute Gasteiger partial charge is 0.329 e. The fourth-order valence-electron chi connectivity index (χ4n) is 1.36. The number of nitrogens with zero attached hydrogens (tertiary/aromatic N) is 3. The van der Waals surface area contributed by atoms with E-state index in [-0.39, 0.29) is 0 Å². The molecule has 0 atom stereocenters. The van der Waals surface area contributed by atoms with Crippen LogP contribution in [0.15, 0.2) is 28.9 Å². The molecule has 0 unspecified atom stereocenters. The third-order valence-electron chi connectivity index (χ3n) is 2.10. The third kappa shape index (κ3) is 2.42. The first kappa shape index (κ1) is 11.6. The molecule has 0 saturated heterocycles. The molecule has 0 radical (unpaired) electrons. The maximum Gasteiger partial charge on any atom is 0.114 e. The van der Waals surface area contributed by atoms with Crippen molar-refractivity contribution >= 4 is 27.5 Å². The highest BCUT2D eigenvalue weighted by molar-refractivity contribution is 9.10. The minimum Gasteiger partial charge on any atom is -0.329 e. The van der Waals surface area contributed by atoms with Crippen molar-refractivity contribution in [1.82, 2.24) is 15.0 Å². The van der Waals surface area contributed by atoms with E-state index in [1.165, 1.54) is 0 Å². The number of nitrogens with two attached hydrogens (primary N) is 1. The fourth-order valence-corrected chi connectivity index (χ4v) is 2.25. The monoisotopic (exact) mass is 300 g/mol. The van der Waals surface area contributed by atoms with Crippen LogP contribution >= 0.6 is 27.5 Å². The van der Waals surface area contributed by atoms with Gasteiger partial charge in [-0.15, -0.1) is 5.10 Å². The molecular formula is C10H10BrClN4. The van der Waals surface area contributed by atoms with Crippen LogP contribution in [0.5, 0.6) is 0 Å². The Morgan fingerprint density at radius 2 is 2.25 bits per heavy atom. The van der Waals surface area contributed by atoms with Gasteiger partial charge in [0.05, 0.1) is 12.7 Å². The second-order valence-electron chi connectivity index (χ2n) is 3.28. The van der Waals surface area contributed by atoms with Crippen LogP contribution in [-0.2, 0) is 6.54 Å². The molecule has 2 rings (SSSR count). The van der Waals surface area contributed by atoms with Crippen molar-refractivity contribution in [1.29, 1.82) is 0 Å². The zero-order chi connectivity index (χ0) is 11.5. The van der Waals surface area contributed by atoms with Gasteiger partial charge in [0.15, 0.2) is 0 Å². The predicted molar refractivity (Wildman–Crippen MR) is 67.2 cm³/mol. The van der Waals surface area contributed by atoms with E-state index in [2.05, 4.69) is 26.2 Å². The molecule has 1 aromatic carbocycles. The van der Waals surface area contributed by atoms with E-state index in [1.807, 2.05) is 24.4 Å². The van der Waals surface area contributed by atoms with Crippen LogP contribution in [0.3, 0.4) is 0 Å². The SMILES string of the molecule is NCCn1cc(-c2ccc(Cl)cc2Br)nn1. The van der Waals surface area contributed by atoms with Gasteiger partial charge in [0.25, 0.3) is 0 Å². The van der Waals surface area contributed by atoms with Gasteiger partial charge in [-0.1, -0.05) is 38.8 Å². The first-order valence-electron chi connectivity index (χ1n) is 4.76. The smallest absolute Gasteiger partial charge is 0.114 e. The van der Waals surface area contributed by atoms with Gasteiger partial charge in [-0.3, -0.25) is 4.68 Å².